The minimum Gasteiger partial charge on any atom is -0.464 e. The first-order valence-corrected chi connectivity index (χ1v) is 7.63. The standard InChI is InChI=1S/C12H22N4O2S/c1-2-5-16-9-4-3-8(14-15-12(17)18)6-10(9)19-11(16)7-13/h8,11,14-15H,2-7,13H2,1H3,(H,17,18). The summed E-state index contributed by atoms with van der Waals surface area (Å²) in [5.74, 6) is 0. The molecular weight excluding hydrogens is 264 g/mol. The van der Waals surface area contributed by atoms with E-state index in [4.69, 9.17) is 10.8 Å². The maximum Gasteiger partial charge on any atom is 0.419 e. The largest absolute Gasteiger partial charge is 0.464 e. The van der Waals surface area contributed by atoms with E-state index in [1.807, 2.05) is 11.8 Å². The van der Waals surface area contributed by atoms with Gasteiger partial charge in [-0.3, -0.25) is 5.43 Å². The van der Waals surface area contributed by atoms with Crippen LogP contribution >= 0.6 is 11.8 Å². The molecule has 7 heteroatoms. The van der Waals surface area contributed by atoms with Crippen molar-refractivity contribution in [2.24, 2.45) is 5.73 Å². The van der Waals surface area contributed by atoms with E-state index >= 15 is 0 Å². The summed E-state index contributed by atoms with van der Waals surface area (Å²) in [5.41, 5.74) is 12.4. The van der Waals surface area contributed by atoms with Crippen molar-refractivity contribution in [2.75, 3.05) is 13.1 Å². The number of nitrogens with one attached hydrogen (secondary N) is 2. The number of hydrazine groups is 1. The monoisotopic (exact) mass is 286 g/mol. The Labute approximate surface area is 117 Å². The van der Waals surface area contributed by atoms with Crippen LogP contribution in [0.5, 0.6) is 0 Å². The van der Waals surface area contributed by atoms with Gasteiger partial charge in [0.15, 0.2) is 0 Å². The molecule has 0 aromatic carbocycles. The fourth-order valence-corrected chi connectivity index (χ4v) is 4.14. The Bertz CT molecular complexity index is 375. The van der Waals surface area contributed by atoms with E-state index in [1.165, 1.54) is 10.6 Å². The van der Waals surface area contributed by atoms with Crippen LogP contribution in [-0.2, 0) is 0 Å². The Morgan fingerprint density at radius 1 is 1.63 bits per heavy atom. The SMILES string of the molecule is CCCN1C2=C(CC(NNC(=O)O)CC2)SC1CN. The molecule has 2 unspecified atom stereocenters. The molecular formula is C12H22N4O2S. The van der Waals surface area contributed by atoms with Gasteiger partial charge in [-0.25, -0.2) is 10.2 Å². The Balaban J connectivity index is 1.97. The van der Waals surface area contributed by atoms with Crippen molar-refractivity contribution >= 4 is 17.9 Å². The van der Waals surface area contributed by atoms with E-state index in [1.54, 1.807) is 0 Å². The smallest absolute Gasteiger partial charge is 0.419 e. The first-order valence-electron chi connectivity index (χ1n) is 6.75. The number of thioether (sulfide) groups is 1. The van der Waals surface area contributed by atoms with Gasteiger partial charge in [-0.2, -0.15) is 0 Å². The van der Waals surface area contributed by atoms with Crippen molar-refractivity contribution in [3.63, 3.8) is 0 Å². The highest BCUT2D eigenvalue weighted by atomic mass is 32.2. The Morgan fingerprint density at radius 3 is 3.05 bits per heavy atom. The summed E-state index contributed by atoms with van der Waals surface area (Å²) in [4.78, 5) is 14.3. The van der Waals surface area contributed by atoms with Crippen LogP contribution in [0.2, 0.25) is 0 Å². The minimum absolute atomic E-state index is 0.183. The normalized spacial score (nSPS) is 26.5. The second-order valence-electron chi connectivity index (χ2n) is 4.89. The van der Waals surface area contributed by atoms with E-state index in [0.29, 0.717) is 11.9 Å². The average Bonchev–Trinajstić information content (AvgIpc) is 2.74. The van der Waals surface area contributed by atoms with Crippen molar-refractivity contribution in [3.05, 3.63) is 10.6 Å². The van der Waals surface area contributed by atoms with Crippen molar-refractivity contribution in [1.82, 2.24) is 15.8 Å². The lowest BCUT2D eigenvalue weighted by molar-refractivity contribution is 0.185. The van der Waals surface area contributed by atoms with Gasteiger partial charge in [-0.15, -0.1) is 11.8 Å². The van der Waals surface area contributed by atoms with Gasteiger partial charge in [0.25, 0.3) is 0 Å². The number of allylic oxidation sites excluding steroid dienone is 1. The number of amides is 1. The highest BCUT2D eigenvalue weighted by Crippen LogP contribution is 2.44. The molecule has 108 valence electrons. The number of nitrogens with two attached hydrogens (primary N) is 1. The zero-order chi connectivity index (χ0) is 13.8. The third-order valence-corrected chi connectivity index (χ3v) is 4.91. The van der Waals surface area contributed by atoms with Gasteiger partial charge in [0, 0.05) is 29.7 Å². The predicted molar refractivity (Wildman–Crippen MR) is 76.4 cm³/mol. The molecule has 1 aliphatic heterocycles. The van der Waals surface area contributed by atoms with Gasteiger partial charge in [0.1, 0.15) is 0 Å². The summed E-state index contributed by atoms with van der Waals surface area (Å²) in [6, 6.07) is 0.183. The van der Waals surface area contributed by atoms with Crippen molar-refractivity contribution in [1.29, 1.82) is 0 Å². The number of carboxylic acid groups (broad SMARTS) is 1. The fourth-order valence-electron chi connectivity index (χ4n) is 2.70. The van der Waals surface area contributed by atoms with E-state index in [9.17, 15) is 4.79 Å². The average molecular weight is 286 g/mol. The maximum absolute atomic E-state index is 10.5. The molecule has 1 amide bonds. The predicted octanol–water partition coefficient (Wildman–Crippen LogP) is 1.27. The Kier molecular flexibility index (Phi) is 4.95. The third kappa shape index (κ3) is 3.34. The number of nitrogens with zero attached hydrogens (tertiary/aromatic N) is 1. The number of carbonyl (C=O) groups is 1. The van der Waals surface area contributed by atoms with Gasteiger partial charge in [-0.1, -0.05) is 6.92 Å². The highest BCUT2D eigenvalue weighted by Gasteiger charge is 2.34. The molecule has 0 radical (unpaired) electrons. The van der Waals surface area contributed by atoms with E-state index in [2.05, 4.69) is 22.7 Å². The maximum atomic E-state index is 10.5. The Morgan fingerprint density at radius 2 is 2.42 bits per heavy atom. The molecule has 2 atom stereocenters. The van der Waals surface area contributed by atoms with Gasteiger partial charge in [-0.05, 0) is 25.7 Å². The summed E-state index contributed by atoms with van der Waals surface area (Å²) in [7, 11) is 0. The number of rotatable bonds is 5. The van der Waals surface area contributed by atoms with Crippen LogP contribution in [-0.4, -0.2) is 40.6 Å². The molecule has 0 saturated carbocycles. The molecule has 0 saturated heterocycles. The second kappa shape index (κ2) is 6.49. The molecule has 2 rings (SSSR count). The van der Waals surface area contributed by atoms with Gasteiger partial charge in [0.05, 0.1) is 5.37 Å². The summed E-state index contributed by atoms with van der Waals surface area (Å²) in [6.07, 6.45) is 2.92. The summed E-state index contributed by atoms with van der Waals surface area (Å²) in [6.45, 7) is 3.89. The summed E-state index contributed by atoms with van der Waals surface area (Å²) >= 11 is 1.85. The molecule has 0 bridgehead atoms. The molecule has 1 heterocycles. The van der Waals surface area contributed by atoms with Crippen molar-refractivity contribution in [3.8, 4) is 0 Å². The number of hydrogen-bond acceptors (Lipinski definition) is 5. The van der Waals surface area contributed by atoms with E-state index in [-0.39, 0.29) is 6.04 Å². The molecule has 6 nitrogen and oxygen atoms in total. The molecule has 0 fully saturated rings. The van der Waals surface area contributed by atoms with Crippen molar-refractivity contribution in [2.45, 2.75) is 44.0 Å². The zero-order valence-electron chi connectivity index (χ0n) is 11.2. The zero-order valence-corrected chi connectivity index (χ0v) is 12.0. The summed E-state index contributed by atoms with van der Waals surface area (Å²) in [5, 5.41) is 8.97. The number of hydrogen-bond donors (Lipinski definition) is 4. The lowest BCUT2D eigenvalue weighted by Crippen LogP contribution is -2.44. The van der Waals surface area contributed by atoms with Crippen molar-refractivity contribution < 1.29 is 9.90 Å². The quantitative estimate of drug-likeness (QED) is 0.569. The van der Waals surface area contributed by atoms with Crippen LogP contribution in [0.1, 0.15) is 32.6 Å². The molecule has 2 aliphatic rings. The first-order chi connectivity index (χ1) is 9.15. The molecule has 1 aliphatic carbocycles. The molecule has 0 aromatic rings. The van der Waals surface area contributed by atoms with E-state index in [0.717, 1.165) is 32.2 Å². The van der Waals surface area contributed by atoms with Gasteiger partial charge in [0.2, 0.25) is 0 Å². The molecule has 5 N–H and O–H groups in total. The molecule has 0 aromatic heterocycles. The van der Waals surface area contributed by atoms with Crippen LogP contribution in [0, 0.1) is 0 Å². The lowest BCUT2D eigenvalue weighted by Gasteiger charge is -2.30. The van der Waals surface area contributed by atoms with Crippen LogP contribution in [0.4, 0.5) is 4.79 Å². The van der Waals surface area contributed by atoms with Crippen LogP contribution < -0.4 is 16.6 Å². The van der Waals surface area contributed by atoms with Crippen LogP contribution in [0.15, 0.2) is 10.6 Å². The minimum atomic E-state index is -1.04. The third-order valence-electron chi connectivity index (χ3n) is 3.51. The second-order valence-corrected chi connectivity index (χ2v) is 6.16. The Hall–Kier alpha value is -0.920. The summed E-state index contributed by atoms with van der Waals surface area (Å²) < 4.78 is 0. The molecule has 19 heavy (non-hydrogen) atoms. The topological polar surface area (TPSA) is 90.6 Å². The first kappa shape index (κ1) is 14.5. The van der Waals surface area contributed by atoms with E-state index < -0.39 is 6.09 Å². The van der Waals surface area contributed by atoms with Gasteiger partial charge < -0.3 is 15.7 Å². The molecule has 0 spiro atoms. The van der Waals surface area contributed by atoms with Gasteiger partial charge >= 0.3 is 6.09 Å². The fraction of sp³-hybridized carbons (Fsp3) is 0.750. The van der Waals surface area contributed by atoms with Crippen LogP contribution in [0.3, 0.4) is 0 Å². The van der Waals surface area contributed by atoms with Crippen LogP contribution in [0.25, 0.3) is 0 Å². The lowest BCUT2D eigenvalue weighted by atomic mass is 9.98. The highest BCUT2D eigenvalue weighted by molar-refractivity contribution is 8.03.